The van der Waals surface area contributed by atoms with E-state index in [1.54, 1.807) is 0 Å². The first-order valence-electron chi connectivity index (χ1n) is 19.6. The predicted octanol–water partition coefficient (Wildman–Crippen LogP) is 14.3. The van der Waals surface area contributed by atoms with Gasteiger partial charge in [-0.1, -0.05) is 133 Å². The van der Waals surface area contributed by atoms with Crippen LogP contribution in [0.1, 0.15) is 0 Å². The Balaban J connectivity index is 1.16. The Morgan fingerprint density at radius 1 is 0.246 bits per heavy atom. The van der Waals surface area contributed by atoms with Crippen molar-refractivity contribution in [2.75, 3.05) is 0 Å². The standard InChI is InChI=1S/C54H35N3/c1-4-19-39(20-5-1)55-48-28-13-10-25-42(48)46-34-37(31-32-51(46)55)36-17-16-18-38(33-36)45-35-47-43-26-11-14-29-49(43)56(40-21-6-2-7-22-40)53(47)54-52(45)44-27-12-15-30-50(44)57(54)41-23-8-3-9-24-41/h1-35H. The summed E-state index contributed by atoms with van der Waals surface area (Å²) >= 11 is 0. The van der Waals surface area contributed by atoms with Crippen molar-refractivity contribution in [3.05, 3.63) is 212 Å². The molecule has 12 aromatic rings. The molecule has 3 aromatic heterocycles. The number of rotatable bonds is 5. The molecular weight excluding hydrogens is 691 g/mol. The third-order valence-electron chi connectivity index (χ3n) is 11.8. The van der Waals surface area contributed by atoms with Gasteiger partial charge in [0.15, 0.2) is 0 Å². The molecule has 0 fully saturated rings. The Labute approximate surface area is 329 Å². The highest BCUT2D eigenvalue weighted by Gasteiger charge is 2.24. The fourth-order valence-electron chi connectivity index (χ4n) is 9.39. The van der Waals surface area contributed by atoms with Crippen LogP contribution in [0.3, 0.4) is 0 Å². The van der Waals surface area contributed by atoms with Crippen LogP contribution in [0.5, 0.6) is 0 Å². The molecule has 0 aliphatic rings. The SMILES string of the molecule is c1ccc(-n2c3ccccc3c3cc(-c4cccc(-c5cc6c7ccccc7n(-c7ccccc7)c6c6c5c5ccccc5n6-c5ccccc5)c4)ccc32)cc1. The molecule has 0 radical (unpaired) electrons. The third kappa shape index (κ3) is 4.73. The largest absolute Gasteiger partial charge is 0.309 e. The lowest BCUT2D eigenvalue weighted by Crippen LogP contribution is -1.99. The molecule has 9 aromatic carbocycles. The first kappa shape index (κ1) is 31.7. The molecule has 57 heavy (non-hydrogen) atoms. The topological polar surface area (TPSA) is 14.8 Å². The van der Waals surface area contributed by atoms with E-state index in [1.165, 1.54) is 93.4 Å². The molecule has 0 aliphatic carbocycles. The molecule has 0 amide bonds. The molecule has 0 aliphatic heterocycles. The molecular formula is C54H35N3. The van der Waals surface area contributed by atoms with Crippen molar-refractivity contribution >= 4 is 65.4 Å². The molecule has 0 unspecified atom stereocenters. The van der Waals surface area contributed by atoms with Gasteiger partial charge in [-0.2, -0.15) is 0 Å². The van der Waals surface area contributed by atoms with E-state index in [9.17, 15) is 0 Å². The molecule has 0 spiro atoms. The van der Waals surface area contributed by atoms with Crippen molar-refractivity contribution < 1.29 is 0 Å². The van der Waals surface area contributed by atoms with Gasteiger partial charge in [-0.05, 0) is 101 Å². The van der Waals surface area contributed by atoms with Crippen LogP contribution >= 0.6 is 0 Å². The van der Waals surface area contributed by atoms with E-state index >= 15 is 0 Å². The van der Waals surface area contributed by atoms with E-state index in [2.05, 4.69) is 226 Å². The van der Waals surface area contributed by atoms with Gasteiger partial charge in [-0.3, -0.25) is 0 Å². The summed E-state index contributed by atoms with van der Waals surface area (Å²) in [5.74, 6) is 0. The average molecular weight is 726 g/mol. The Morgan fingerprint density at radius 2 is 0.702 bits per heavy atom. The smallest absolute Gasteiger partial charge is 0.0795 e. The van der Waals surface area contributed by atoms with Crippen molar-refractivity contribution in [1.29, 1.82) is 0 Å². The van der Waals surface area contributed by atoms with Crippen molar-refractivity contribution in [3.63, 3.8) is 0 Å². The normalized spacial score (nSPS) is 11.9. The fourth-order valence-corrected chi connectivity index (χ4v) is 9.39. The molecule has 0 bridgehead atoms. The first-order valence-corrected chi connectivity index (χ1v) is 19.6. The Morgan fingerprint density at radius 3 is 1.35 bits per heavy atom. The summed E-state index contributed by atoms with van der Waals surface area (Å²) in [5, 5.41) is 7.46. The van der Waals surface area contributed by atoms with Gasteiger partial charge in [0.2, 0.25) is 0 Å². The molecule has 0 N–H and O–H groups in total. The molecule has 0 atom stereocenters. The number of hydrogen-bond donors (Lipinski definition) is 0. The predicted molar refractivity (Wildman–Crippen MR) is 240 cm³/mol. The van der Waals surface area contributed by atoms with Crippen molar-refractivity contribution in [2.24, 2.45) is 0 Å². The highest BCUT2D eigenvalue weighted by atomic mass is 15.0. The van der Waals surface area contributed by atoms with Crippen molar-refractivity contribution in [2.45, 2.75) is 0 Å². The zero-order chi connectivity index (χ0) is 37.5. The maximum absolute atomic E-state index is 2.48. The Bertz CT molecular complexity index is 3500. The highest BCUT2D eigenvalue weighted by Crippen LogP contribution is 2.47. The van der Waals surface area contributed by atoms with Gasteiger partial charge in [0.1, 0.15) is 0 Å². The van der Waals surface area contributed by atoms with E-state index in [4.69, 9.17) is 0 Å². The van der Waals surface area contributed by atoms with E-state index in [1.807, 2.05) is 0 Å². The number of para-hydroxylation sites is 6. The average Bonchev–Trinajstić information content (AvgIpc) is 3.93. The van der Waals surface area contributed by atoms with Gasteiger partial charge in [-0.25, -0.2) is 0 Å². The van der Waals surface area contributed by atoms with Gasteiger partial charge in [0.25, 0.3) is 0 Å². The van der Waals surface area contributed by atoms with Gasteiger partial charge >= 0.3 is 0 Å². The van der Waals surface area contributed by atoms with Crippen LogP contribution in [0.15, 0.2) is 212 Å². The summed E-state index contributed by atoms with van der Waals surface area (Å²) in [6, 6.07) is 77.4. The minimum Gasteiger partial charge on any atom is -0.309 e. The van der Waals surface area contributed by atoms with Gasteiger partial charge in [-0.15, -0.1) is 0 Å². The lowest BCUT2D eigenvalue weighted by molar-refractivity contribution is 1.15. The van der Waals surface area contributed by atoms with Crippen LogP contribution in [0.4, 0.5) is 0 Å². The summed E-state index contributed by atoms with van der Waals surface area (Å²) in [6.45, 7) is 0. The minimum atomic E-state index is 1.14. The lowest BCUT2D eigenvalue weighted by atomic mass is 9.93. The minimum absolute atomic E-state index is 1.14. The van der Waals surface area contributed by atoms with E-state index in [0.29, 0.717) is 0 Å². The van der Waals surface area contributed by atoms with Crippen LogP contribution in [-0.2, 0) is 0 Å². The molecule has 0 saturated heterocycles. The molecule has 12 rings (SSSR count). The summed E-state index contributed by atoms with van der Waals surface area (Å²) in [4.78, 5) is 0. The zero-order valence-corrected chi connectivity index (χ0v) is 31.0. The second-order valence-electron chi connectivity index (χ2n) is 14.9. The van der Waals surface area contributed by atoms with Crippen LogP contribution in [0.2, 0.25) is 0 Å². The maximum Gasteiger partial charge on any atom is 0.0795 e. The zero-order valence-electron chi connectivity index (χ0n) is 31.0. The summed E-state index contributed by atoms with van der Waals surface area (Å²) in [6.07, 6.45) is 0. The van der Waals surface area contributed by atoms with Crippen LogP contribution in [0, 0.1) is 0 Å². The highest BCUT2D eigenvalue weighted by molar-refractivity contribution is 6.28. The number of aromatic nitrogens is 3. The quantitative estimate of drug-likeness (QED) is 0.168. The molecule has 266 valence electrons. The van der Waals surface area contributed by atoms with Gasteiger partial charge in [0, 0.05) is 49.4 Å². The monoisotopic (exact) mass is 725 g/mol. The number of nitrogens with zero attached hydrogens (tertiary/aromatic N) is 3. The second kappa shape index (κ2) is 12.5. The molecule has 0 saturated carbocycles. The number of hydrogen-bond acceptors (Lipinski definition) is 0. The maximum atomic E-state index is 2.48. The van der Waals surface area contributed by atoms with E-state index in [0.717, 1.165) is 11.4 Å². The van der Waals surface area contributed by atoms with Crippen molar-refractivity contribution in [1.82, 2.24) is 13.7 Å². The second-order valence-corrected chi connectivity index (χ2v) is 14.9. The molecule has 3 heterocycles. The lowest BCUT2D eigenvalue weighted by Gasteiger charge is -2.14. The van der Waals surface area contributed by atoms with Crippen LogP contribution < -0.4 is 0 Å². The Hall–Kier alpha value is -7.62. The van der Waals surface area contributed by atoms with Crippen molar-refractivity contribution in [3.8, 4) is 39.3 Å². The van der Waals surface area contributed by atoms with Crippen LogP contribution in [0.25, 0.3) is 105 Å². The summed E-state index contributed by atoms with van der Waals surface area (Å²) < 4.78 is 7.33. The van der Waals surface area contributed by atoms with Crippen LogP contribution in [-0.4, -0.2) is 13.7 Å². The third-order valence-corrected chi connectivity index (χ3v) is 11.8. The summed E-state index contributed by atoms with van der Waals surface area (Å²) in [7, 11) is 0. The molecule has 3 heteroatoms. The fraction of sp³-hybridized carbons (Fsp3) is 0. The van der Waals surface area contributed by atoms with Gasteiger partial charge < -0.3 is 13.7 Å². The number of fused-ring (bicyclic) bond motifs is 10. The van der Waals surface area contributed by atoms with E-state index < -0.39 is 0 Å². The first-order chi connectivity index (χ1) is 28.3. The molecule has 3 nitrogen and oxygen atoms in total. The Kier molecular flexibility index (Phi) is 6.93. The number of benzene rings is 9. The van der Waals surface area contributed by atoms with Gasteiger partial charge in [0.05, 0.1) is 33.1 Å². The summed E-state index contributed by atoms with van der Waals surface area (Å²) in [5.41, 5.74) is 15.5. The van der Waals surface area contributed by atoms with E-state index in [-0.39, 0.29) is 0 Å².